The van der Waals surface area contributed by atoms with E-state index in [0.717, 1.165) is 48.1 Å². The van der Waals surface area contributed by atoms with Crippen LogP contribution in [0.1, 0.15) is 45.9 Å². The van der Waals surface area contributed by atoms with Crippen LogP contribution < -0.4 is 5.32 Å². The van der Waals surface area contributed by atoms with E-state index in [1.165, 1.54) is 11.5 Å². The minimum Gasteiger partial charge on any atom is -0.394 e. The molecular formula is C13H25N3OS2. The largest absolute Gasteiger partial charge is 0.394 e. The van der Waals surface area contributed by atoms with Crippen LogP contribution in [0.15, 0.2) is 4.34 Å². The molecule has 0 fully saturated rings. The van der Waals surface area contributed by atoms with Crippen LogP contribution in [0.5, 0.6) is 0 Å². The molecule has 1 unspecified atom stereocenters. The van der Waals surface area contributed by atoms with E-state index in [9.17, 15) is 5.11 Å². The molecule has 0 amide bonds. The van der Waals surface area contributed by atoms with Crippen LogP contribution in [-0.4, -0.2) is 38.9 Å². The van der Waals surface area contributed by atoms with Crippen LogP contribution >= 0.6 is 23.3 Å². The zero-order valence-electron chi connectivity index (χ0n) is 12.1. The lowest BCUT2D eigenvalue weighted by Crippen LogP contribution is -2.46. The van der Waals surface area contributed by atoms with Gasteiger partial charge in [0.15, 0.2) is 4.34 Å². The second-order valence-electron chi connectivity index (χ2n) is 4.93. The van der Waals surface area contributed by atoms with Gasteiger partial charge in [0.05, 0.1) is 6.61 Å². The van der Waals surface area contributed by atoms with Crippen molar-refractivity contribution in [2.75, 3.05) is 18.9 Å². The van der Waals surface area contributed by atoms with Crippen molar-refractivity contribution in [1.29, 1.82) is 0 Å². The second-order valence-corrected chi connectivity index (χ2v) is 7.02. The fourth-order valence-corrected chi connectivity index (χ4v) is 3.42. The minimum atomic E-state index is -0.147. The van der Waals surface area contributed by atoms with Gasteiger partial charge in [0.25, 0.3) is 0 Å². The van der Waals surface area contributed by atoms with E-state index < -0.39 is 0 Å². The molecule has 6 heteroatoms. The maximum atomic E-state index is 9.47. The summed E-state index contributed by atoms with van der Waals surface area (Å²) in [6.45, 7) is 7.45. The lowest BCUT2D eigenvalue weighted by molar-refractivity contribution is 0.165. The summed E-state index contributed by atoms with van der Waals surface area (Å²) in [5.74, 6) is 1.97. The van der Waals surface area contributed by atoms with Gasteiger partial charge in [-0.2, -0.15) is 4.37 Å². The fraction of sp³-hybridized carbons (Fsp3) is 0.846. The van der Waals surface area contributed by atoms with Crippen molar-refractivity contribution in [2.24, 2.45) is 0 Å². The lowest BCUT2D eigenvalue weighted by Gasteiger charge is -2.28. The number of hydrogen-bond donors (Lipinski definition) is 2. The van der Waals surface area contributed by atoms with Gasteiger partial charge in [-0.15, -0.1) is 0 Å². The smallest absolute Gasteiger partial charge is 0.170 e. The predicted octanol–water partition coefficient (Wildman–Crippen LogP) is 2.72. The molecule has 1 heterocycles. The first-order valence-corrected chi connectivity index (χ1v) is 8.70. The van der Waals surface area contributed by atoms with E-state index >= 15 is 0 Å². The maximum absolute atomic E-state index is 9.47. The molecule has 0 spiro atoms. The van der Waals surface area contributed by atoms with E-state index in [1.54, 1.807) is 11.8 Å². The monoisotopic (exact) mass is 303 g/mol. The Morgan fingerprint density at radius 3 is 2.79 bits per heavy atom. The van der Waals surface area contributed by atoms with Crippen LogP contribution in [-0.2, 0) is 6.42 Å². The number of nitrogens with one attached hydrogen (secondary N) is 1. The molecule has 1 rings (SSSR count). The molecule has 0 saturated carbocycles. The number of thioether (sulfide) groups is 1. The third-order valence-corrected chi connectivity index (χ3v) is 4.97. The number of nitrogens with zero attached hydrogens (tertiary/aromatic N) is 2. The van der Waals surface area contributed by atoms with Crippen molar-refractivity contribution in [3.8, 4) is 0 Å². The van der Waals surface area contributed by atoms with Crippen molar-refractivity contribution in [3.05, 3.63) is 5.82 Å². The number of aliphatic hydroxyl groups excluding tert-OH is 1. The van der Waals surface area contributed by atoms with Gasteiger partial charge >= 0.3 is 0 Å². The second kappa shape index (κ2) is 8.89. The number of aryl methyl sites for hydroxylation is 1. The van der Waals surface area contributed by atoms with E-state index in [-0.39, 0.29) is 12.1 Å². The molecule has 0 aliphatic heterocycles. The van der Waals surface area contributed by atoms with Crippen molar-refractivity contribution in [1.82, 2.24) is 14.7 Å². The van der Waals surface area contributed by atoms with Gasteiger partial charge in [-0.05, 0) is 44.3 Å². The Kier molecular flexibility index (Phi) is 7.90. The summed E-state index contributed by atoms with van der Waals surface area (Å²) in [5, 5.41) is 12.9. The highest BCUT2D eigenvalue weighted by atomic mass is 32.2. The van der Waals surface area contributed by atoms with Crippen molar-refractivity contribution in [2.45, 2.75) is 56.3 Å². The molecule has 4 nitrogen and oxygen atoms in total. The Balaban J connectivity index is 2.24. The molecule has 110 valence electrons. The van der Waals surface area contributed by atoms with Gasteiger partial charge in [-0.25, -0.2) is 4.98 Å². The van der Waals surface area contributed by atoms with Crippen molar-refractivity contribution >= 4 is 23.3 Å². The molecule has 2 N–H and O–H groups in total. The summed E-state index contributed by atoms with van der Waals surface area (Å²) >= 11 is 3.26. The van der Waals surface area contributed by atoms with E-state index in [2.05, 4.69) is 35.4 Å². The van der Waals surface area contributed by atoms with Gasteiger partial charge in [-0.3, -0.25) is 0 Å². The first-order chi connectivity index (χ1) is 9.13. The molecule has 0 radical (unpaired) electrons. The van der Waals surface area contributed by atoms with Crippen LogP contribution in [0, 0.1) is 0 Å². The first kappa shape index (κ1) is 16.9. The first-order valence-electron chi connectivity index (χ1n) is 6.94. The maximum Gasteiger partial charge on any atom is 0.170 e. The highest BCUT2D eigenvalue weighted by Gasteiger charge is 2.21. The molecule has 19 heavy (non-hydrogen) atoms. The summed E-state index contributed by atoms with van der Waals surface area (Å²) in [7, 11) is 0. The molecule has 1 aromatic heterocycles. The van der Waals surface area contributed by atoms with Crippen LogP contribution in [0.25, 0.3) is 0 Å². The summed E-state index contributed by atoms with van der Waals surface area (Å²) < 4.78 is 5.34. The number of rotatable bonds is 10. The molecule has 1 atom stereocenters. The molecule has 0 saturated heterocycles. The standard InChI is InChI=1S/C13H25N3OS2/c1-4-8-14-13(3,10-17)7-6-9-18-12-15-11(5-2)16-19-12/h14,17H,4-10H2,1-3H3. The van der Waals surface area contributed by atoms with E-state index in [1.807, 2.05) is 0 Å². The zero-order valence-corrected chi connectivity index (χ0v) is 13.7. The highest BCUT2D eigenvalue weighted by molar-refractivity contribution is 8.00. The third-order valence-electron chi connectivity index (χ3n) is 3.01. The van der Waals surface area contributed by atoms with Gasteiger partial charge in [0.2, 0.25) is 0 Å². The fourth-order valence-electron chi connectivity index (χ4n) is 1.71. The zero-order chi connectivity index (χ0) is 14.1. The van der Waals surface area contributed by atoms with Gasteiger partial charge in [0, 0.05) is 17.7 Å². The Hall–Kier alpha value is -0.170. The van der Waals surface area contributed by atoms with Crippen molar-refractivity contribution in [3.63, 3.8) is 0 Å². The number of hydrogen-bond acceptors (Lipinski definition) is 6. The third kappa shape index (κ3) is 6.21. The van der Waals surface area contributed by atoms with Crippen LogP contribution in [0.3, 0.4) is 0 Å². The highest BCUT2D eigenvalue weighted by Crippen LogP contribution is 2.23. The predicted molar refractivity (Wildman–Crippen MR) is 83.0 cm³/mol. The Bertz CT molecular complexity index is 359. The lowest BCUT2D eigenvalue weighted by atomic mass is 9.97. The summed E-state index contributed by atoms with van der Waals surface area (Å²) in [5.41, 5.74) is -0.147. The Labute approximate surface area is 124 Å². The van der Waals surface area contributed by atoms with E-state index in [4.69, 9.17) is 0 Å². The van der Waals surface area contributed by atoms with Crippen molar-refractivity contribution < 1.29 is 5.11 Å². The molecule has 0 aromatic carbocycles. The molecular weight excluding hydrogens is 278 g/mol. The minimum absolute atomic E-state index is 0.147. The molecule has 0 aliphatic rings. The molecule has 1 aromatic rings. The van der Waals surface area contributed by atoms with Gasteiger partial charge in [0.1, 0.15) is 5.82 Å². The van der Waals surface area contributed by atoms with Gasteiger partial charge < -0.3 is 10.4 Å². The number of aliphatic hydroxyl groups is 1. The number of aromatic nitrogens is 2. The van der Waals surface area contributed by atoms with E-state index in [0.29, 0.717) is 0 Å². The average molecular weight is 303 g/mol. The topological polar surface area (TPSA) is 58.0 Å². The normalized spacial score (nSPS) is 14.5. The Morgan fingerprint density at radius 1 is 1.42 bits per heavy atom. The summed E-state index contributed by atoms with van der Waals surface area (Å²) in [6.07, 6.45) is 4.05. The van der Waals surface area contributed by atoms with Crippen LogP contribution in [0.2, 0.25) is 0 Å². The SMILES string of the molecule is CCCNC(C)(CO)CCCSc1nc(CC)ns1. The van der Waals surface area contributed by atoms with Crippen LogP contribution in [0.4, 0.5) is 0 Å². The molecule has 0 bridgehead atoms. The van der Waals surface area contributed by atoms with Gasteiger partial charge in [-0.1, -0.05) is 25.6 Å². The quantitative estimate of drug-likeness (QED) is 0.514. The Morgan fingerprint density at radius 2 is 2.21 bits per heavy atom. The summed E-state index contributed by atoms with van der Waals surface area (Å²) in [4.78, 5) is 4.44. The summed E-state index contributed by atoms with van der Waals surface area (Å²) in [6, 6.07) is 0. The molecule has 0 aliphatic carbocycles. The average Bonchev–Trinajstić information content (AvgIpc) is 2.89.